The second-order valence-corrected chi connectivity index (χ2v) is 21.5. The predicted molar refractivity (Wildman–Crippen MR) is 248 cm³/mol. The molecule has 0 aromatic heterocycles. The summed E-state index contributed by atoms with van der Waals surface area (Å²) in [7, 11) is 0. The summed E-state index contributed by atoms with van der Waals surface area (Å²) < 4.78 is 20.3. The van der Waals surface area contributed by atoms with Gasteiger partial charge < -0.3 is 19.3 Å². The van der Waals surface area contributed by atoms with E-state index in [0.717, 1.165) is 108 Å². The molecule has 2 heterocycles. The van der Waals surface area contributed by atoms with Crippen LogP contribution < -0.4 is 14.2 Å². The van der Waals surface area contributed by atoms with Gasteiger partial charge in [0.05, 0.1) is 0 Å². The standard InChI is InChI=1S/C54H90O4/c1-38(2)19-13-21-40(5)23-15-25-42(7)27-17-31-53(11)33-29-46-37-47(35-44(9)50(46)57-53)56-52-48-30-34-54(12,58-51(48)45(10)36-49(52)55)32-18-28-43(8)26-16-24-41(6)22-14-20-39(3)4/h35-43,55H,13-34H2,1-12H3/t40-,41-,42-,43-,53+,54+/m1/s1. The van der Waals surface area contributed by atoms with Crippen LogP contribution >= 0.6 is 0 Å². The third-order valence-electron chi connectivity index (χ3n) is 14.1. The molecule has 2 aromatic carbocycles. The average molecular weight is 803 g/mol. The molecule has 2 aliphatic rings. The summed E-state index contributed by atoms with van der Waals surface area (Å²) in [6, 6.07) is 6.05. The smallest absolute Gasteiger partial charge is 0.175 e. The maximum Gasteiger partial charge on any atom is 0.175 e. The first-order chi connectivity index (χ1) is 27.5. The van der Waals surface area contributed by atoms with Crippen LogP contribution in [0.1, 0.15) is 220 Å². The molecule has 58 heavy (non-hydrogen) atoms. The molecule has 4 heteroatoms. The minimum Gasteiger partial charge on any atom is -0.504 e. The molecule has 0 saturated carbocycles. The quantitative estimate of drug-likeness (QED) is 0.103. The van der Waals surface area contributed by atoms with Crippen molar-refractivity contribution >= 4 is 0 Å². The van der Waals surface area contributed by atoms with E-state index in [1.165, 1.54) is 108 Å². The van der Waals surface area contributed by atoms with Crippen molar-refractivity contribution in [2.24, 2.45) is 35.5 Å². The number of hydrogen-bond acceptors (Lipinski definition) is 4. The Morgan fingerprint density at radius 2 is 0.966 bits per heavy atom. The summed E-state index contributed by atoms with van der Waals surface area (Å²) in [6.07, 6.45) is 27.3. The average Bonchev–Trinajstić information content (AvgIpc) is 3.13. The van der Waals surface area contributed by atoms with E-state index >= 15 is 0 Å². The van der Waals surface area contributed by atoms with Gasteiger partial charge in [0.15, 0.2) is 11.5 Å². The zero-order valence-electron chi connectivity index (χ0n) is 39.9. The highest BCUT2D eigenvalue weighted by Gasteiger charge is 2.36. The van der Waals surface area contributed by atoms with Crippen LogP contribution in [0.2, 0.25) is 0 Å². The Balaban J connectivity index is 1.26. The Hall–Kier alpha value is -2.36. The van der Waals surface area contributed by atoms with Crippen molar-refractivity contribution in [2.75, 3.05) is 0 Å². The topological polar surface area (TPSA) is 47.9 Å². The Bertz CT molecular complexity index is 1530. The molecule has 0 fully saturated rings. The molecular formula is C54H90O4. The van der Waals surface area contributed by atoms with Gasteiger partial charge in [-0.25, -0.2) is 0 Å². The van der Waals surface area contributed by atoms with Gasteiger partial charge in [0.1, 0.15) is 28.5 Å². The lowest BCUT2D eigenvalue weighted by Crippen LogP contribution is -2.37. The fourth-order valence-electron chi connectivity index (χ4n) is 9.97. The number of ether oxygens (including phenoxy) is 3. The van der Waals surface area contributed by atoms with Crippen molar-refractivity contribution in [3.63, 3.8) is 0 Å². The van der Waals surface area contributed by atoms with Crippen LogP contribution in [-0.4, -0.2) is 16.3 Å². The monoisotopic (exact) mass is 803 g/mol. The molecule has 0 saturated heterocycles. The van der Waals surface area contributed by atoms with E-state index < -0.39 is 0 Å². The third kappa shape index (κ3) is 15.6. The second kappa shape index (κ2) is 23.0. The molecule has 4 nitrogen and oxygen atoms in total. The molecule has 6 atom stereocenters. The third-order valence-corrected chi connectivity index (χ3v) is 14.1. The van der Waals surface area contributed by atoms with Gasteiger partial charge in [-0.3, -0.25) is 0 Å². The van der Waals surface area contributed by atoms with Crippen LogP contribution in [0.4, 0.5) is 0 Å². The summed E-state index contributed by atoms with van der Waals surface area (Å²) in [5.41, 5.74) is 3.95. The molecule has 4 rings (SSSR count). The normalized spacial score (nSPS) is 21.2. The van der Waals surface area contributed by atoms with Crippen LogP contribution in [0.15, 0.2) is 18.2 Å². The van der Waals surface area contributed by atoms with Crippen molar-refractivity contribution in [1.82, 2.24) is 0 Å². The summed E-state index contributed by atoms with van der Waals surface area (Å²) in [4.78, 5) is 0. The lowest BCUT2D eigenvalue weighted by Gasteiger charge is -2.38. The molecule has 0 bridgehead atoms. The van der Waals surface area contributed by atoms with Crippen LogP contribution in [0.3, 0.4) is 0 Å². The van der Waals surface area contributed by atoms with Gasteiger partial charge >= 0.3 is 0 Å². The second-order valence-electron chi connectivity index (χ2n) is 21.5. The van der Waals surface area contributed by atoms with Crippen LogP contribution in [0.5, 0.6) is 28.7 Å². The van der Waals surface area contributed by atoms with Crippen molar-refractivity contribution < 1.29 is 19.3 Å². The Kier molecular flexibility index (Phi) is 19.2. The summed E-state index contributed by atoms with van der Waals surface area (Å²) in [5, 5.41) is 11.2. The molecule has 0 aliphatic carbocycles. The van der Waals surface area contributed by atoms with Crippen LogP contribution in [-0.2, 0) is 12.8 Å². The summed E-state index contributed by atoms with van der Waals surface area (Å²) in [6.45, 7) is 27.9. The number of aryl methyl sites for hydroxylation is 3. The zero-order valence-corrected chi connectivity index (χ0v) is 39.9. The fraction of sp³-hybridized carbons (Fsp3) is 0.778. The van der Waals surface area contributed by atoms with E-state index in [1.807, 2.05) is 6.07 Å². The highest BCUT2D eigenvalue weighted by Crippen LogP contribution is 2.49. The highest BCUT2D eigenvalue weighted by atomic mass is 16.5. The van der Waals surface area contributed by atoms with Gasteiger partial charge in [-0.05, 0) is 149 Å². The molecule has 0 amide bonds. The van der Waals surface area contributed by atoms with E-state index in [9.17, 15) is 5.11 Å². The first-order valence-electron chi connectivity index (χ1n) is 24.5. The van der Waals surface area contributed by atoms with Gasteiger partial charge in [-0.1, -0.05) is 145 Å². The van der Waals surface area contributed by atoms with Gasteiger partial charge in [-0.2, -0.15) is 0 Å². The van der Waals surface area contributed by atoms with Crippen molar-refractivity contribution in [3.05, 3.63) is 40.5 Å². The SMILES string of the molecule is Cc1cc(Oc2c(O)cc(C)c3c2CC[C@](C)(CCC[C@H](C)CCC[C@H](C)CCCC(C)C)O3)cc2c1O[C@@](C)(CCC[C@H](C)CCC[C@H](C)CCCC(C)C)CC2. The maximum absolute atomic E-state index is 11.2. The van der Waals surface area contributed by atoms with Gasteiger partial charge in [0.25, 0.3) is 0 Å². The van der Waals surface area contributed by atoms with Gasteiger partial charge in [-0.15, -0.1) is 0 Å². The lowest BCUT2D eigenvalue weighted by atomic mass is 9.85. The minimum absolute atomic E-state index is 0.132. The number of fused-ring (bicyclic) bond motifs is 2. The first kappa shape index (κ1) is 48.3. The number of hydrogen-bond donors (Lipinski definition) is 1. The Morgan fingerprint density at radius 1 is 0.552 bits per heavy atom. The largest absolute Gasteiger partial charge is 0.504 e. The summed E-state index contributed by atoms with van der Waals surface area (Å²) in [5.74, 6) is 8.33. The Labute approximate surface area is 358 Å². The molecule has 330 valence electrons. The van der Waals surface area contributed by atoms with Gasteiger partial charge in [0, 0.05) is 5.56 Å². The van der Waals surface area contributed by atoms with Crippen molar-refractivity contribution in [2.45, 2.75) is 236 Å². The predicted octanol–water partition coefficient (Wildman–Crippen LogP) is 16.8. The minimum atomic E-state index is -0.202. The van der Waals surface area contributed by atoms with E-state index in [2.05, 4.69) is 95.2 Å². The van der Waals surface area contributed by atoms with Gasteiger partial charge in [0.2, 0.25) is 0 Å². The number of phenols is 1. The van der Waals surface area contributed by atoms with Crippen LogP contribution in [0, 0.1) is 49.4 Å². The Morgan fingerprint density at radius 3 is 1.45 bits per heavy atom. The van der Waals surface area contributed by atoms with Crippen LogP contribution in [0.25, 0.3) is 0 Å². The molecule has 2 aliphatic heterocycles. The van der Waals surface area contributed by atoms with Crippen molar-refractivity contribution in [3.8, 4) is 28.7 Å². The fourth-order valence-corrected chi connectivity index (χ4v) is 9.97. The zero-order chi connectivity index (χ0) is 42.5. The van der Waals surface area contributed by atoms with Crippen molar-refractivity contribution in [1.29, 1.82) is 0 Å². The molecule has 0 radical (unpaired) electrons. The number of phenolic OH excluding ortho intramolecular Hbond substituents is 1. The number of rotatable bonds is 26. The first-order valence-corrected chi connectivity index (χ1v) is 24.5. The molecule has 0 spiro atoms. The number of benzene rings is 2. The molecule has 1 N–H and O–H groups in total. The lowest BCUT2D eigenvalue weighted by molar-refractivity contribution is 0.0503. The molecular weight excluding hydrogens is 713 g/mol. The number of aromatic hydroxyl groups is 1. The van der Waals surface area contributed by atoms with E-state index in [1.54, 1.807) is 0 Å². The molecule has 2 aromatic rings. The van der Waals surface area contributed by atoms with E-state index in [-0.39, 0.29) is 17.0 Å². The summed E-state index contributed by atoms with van der Waals surface area (Å²) >= 11 is 0. The highest BCUT2D eigenvalue weighted by molar-refractivity contribution is 5.60. The maximum atomic E-state index is 11.2. The van der Waals surface area contributed by atoms with E-state index in [0.29, 0.717) is 5.75 Å². The molecule has 0 unspecified atom stereocenters. The van der Waals surface area contributed by atoms with E-state index in [4.69, 9.17) is 14.2 Å².